The third-order valence-electron chi connectivity index (χ3n) is 3.04. The molecule has 1 N–H and O–H groups in total. The van der Waals surface area contributed by atoms with Crippen molar-refractivity contribution in [3.8, 4) is 0 Å². The van der Waals surface area contributed by atoms with Gasteiger partial charge in [-0.2, -0.15) is 11.8 Å². The first-order valence-corrected chi connectivity index (χ1v) is 8.02. The first kappa shape index (κ1) is 14.6. The van der Waals surface area contributed by atoms with Crippen LogP contribution in [0, 0.1) is 0 Å². The van der Waals surface area contributed by atoms with Gasteiger partial charge in [0.1, 0.15) is 0 Å². The van der Waals surface area contributed by atoms with Crippen LogP contribution < -0.4 is 5.32 Å². The maximum atomic E-state index is 3.64. The lowest BCUT2D eigenvalue weighted by Crippen LogP contribution is -2.22. The average Bonchev–Trinajstić information content (AvgIpc) is 2.39. The van der Waals surface area contributed by atoms with Crippen LogP contribution in [0.15, 0.2) is 24.3 Å². The Morgan fingerprint density at radius 1 is 1.18 bits per heavy atom. The van der Waals surface area contributed by atoms with Gasteiger partial charge in [0, 0.05) is 6.04 Å². The monoisotopic (exact) mass is 251 g/mol. The third-order valence-corrected chi connectivity index (χ3v) is 3.69. The number of hydrogen-bond donors (Lipinski definition) is 1. The summed E-state index contributed by atoms with van der Waals surface area (Å²) in [5.74, 6) is 1.22. The zero-order chi connectivity index (χ0) is 12.5. The Bertz CT molecular complexity index is 286. The molecular weight excluding hydrogens is 226 g/mol. The Morgan fingerprint density at radius 3 is 2.41 bits per heavy atom. The summed E-state index contributed by atoms with van der Waals surface area (Å²) in [6.07, 6.45) is 5.71. The lowest BCUT2D eigenvalue weighted by Gasteiger charge is -2.19. The molecule has 0 fully saturated rings. The minimum Gasteiger partial charge on any atom is -0.310 e. The van der Waals surface area contributed by atoms with E-state index in [1.165, 1.54) is 29.7 Å². The maximum Gasteiger partial charge on any atom is 0.0328 e. The van der Waals surface area contributed by atoms with Gasteiger partial charge in [-0.25, -0.2) is 0 Å². The third kappa shape index (κ3) is 5.13. The molecule has 0 aliphatic carbocycles. The summed E-state index contributed by atoms with van der Waals surface area (Å²) in [5, 5.41) is 3.64. The van der Waals surface area contributed by atoms with Gasteiger partial charge in [-0.1, -0.05) is 38.1 Å². The van der Waals surface area contributed by atoms with E-state index in [1.54, 1.807) is 0 Å². The molecule has 1 aromatic carbocycles. The van der Waals surface area contributed by atoms with Crippen molar-refractivity contribution in [2.45, 2.75) is 39.2 Å². The van der Waals surface area contributed by atoms with Crippen molar-refractivity contribution in [1.29, 1.82) is 0 Å². The van der Waals surface area contributed by atoms with Crippen molar-refractivity contribution < 1.29 is 0 Å². The van der Waals surface area contributed by atoms with Gasteiger partial charge in [-0.3, -0.25) is 0 Å². The van der Waals surface area contributed by atoms with Crippen LogP contribution in [0.5, 0.6) is 0 Å². The van der Waals surface area contributed by atoms with Crippen LogP contribution in [0.4, 0.5) is 0 Å². The summed E-state index contributed by atoms with van der Waals surface area (Å²) in [6.45, 7) is 5.53. The van der Waals surface area contributed by atoms with Crippen LogP contribution in [0.3, 0.4) is 0 Å². The largest absolute Gasteiger partial charge is 0.310 e. The normalized spacial score (nSPS) is 12.6. The summed E-state index contributed by atoms with van der Waals surface area (Å²) >= 11 is 1.93. The maximum absolute atomic E-state index is 3.64. The lowest BCUT2D eigenvalue weighted by molar-refractivity contribution is 0.521. The Balaban J connectivity index is 2.65. The molecule has 0 bridgehead atoms. The first-order valence-electron chi connectivity index (χ1n) is 6.63. The summed E-state index contributed by atoms with van der Waals surface area (Å²) < 4.78 is 0. The van der Waals surface area contributed by atoms with Crippen molar-refractivity contribution >= 4 is 11.8 Å². The van der Waals surface area contributed by atoms with Gasteiger partial charge in [0.05, 0.1) is 0 Å². The molecule has 0 radical (unpaired) electrons. The van der Waals surface area contributed by atoms with E-state index in [4.69, 9.17) is 0 Å². The molecule has 96 valence electrons. The molecule has 1 atom stereocenters. The van der Waals surface area contributed by atoms with E-state index >= 15 is 0 Å². The molecule has 1 nitrogen and oxygen atoms in total. The van der Waals surface area contributed by atoms with Crippen LogP contribution in [0.1, 0.15) is 43.9 Å². The van der Waals surface area contributed by atoms with Crippen LogP contribution in [0.2, 0.25) is 0 Å². The van der Waals surface area contributed by atoms with Crippen LogP contribution in [0.25, 0.3) is 0 Å². The minimum atomic E-state index is 0.522. The van der Waals surface area contributed by atoms with Gasteiger partial charge in [0.25, 0.3) is 0 Å². The van der Waals surface area contributed by atoms with Gasteiger partial charge in [0.2, 0.25) is 0 Å². The number of benzene rings is 1. The fourth-order valence-electron chi connectivity index (χ4n) is 1.93. The van der Waals surface area contributed by atoms with Crippen molar-refractivity contribution in [2.75, 3.05) is 18.6 Å². The van der Waals surface area contributed by atoms with Gasteiger partial charge < -0.3 is 5.32 Å². The summed E-state index contributed by atoms with van der Waals surface area (Å²) in [5.41, 5.74) is 2.86. The van der Waals surface area contributed by atoms with Gasteiger partial charge in [-0.15, -0.1) is 0 Å². The quantitative estimate of drug-likeness (QED) is 0.748. The van der Waals surface area contributed by atoms with Crippen molar-refractivity contribution in [3.05, 3.63) is 35.4 Å². The molecule has 0 amide bonds. The van der Waals surface area contributed by atoms with E-state index in [0.717, 1.165) is 13.0 Å². The number of thioether (sulfide) groups is 1. The highest BCUT2D eigenvalue weighted by atomic mass is 32.2. The summed E-state index contributed by atoms with van der Waals surface area (Å²) in [6, 6.07) is 9.61. The molecule has 1 unspecified atom stereocenters. The smallest absolute Gasteiger partial charge is 0.0328 e. The number of aryl methyl sites for hydroxylation is 1. The number of hydrogen-bond acceptors (Lipinski definition) is 2. The van der Waals surface area contributed by atoms with E-state index in [1.807, 2.05) is 11.8 Å². The zero-order valence-electron chi connectivity index (χ0n) is 11.3. The predicted octanol–water partition coefficient (Wildman–Crippen LogP) is 4.04. The van der Waals surface area contributed by atoms with Gasteiger partial charge >= 0.3 is 0 Å². The minimum absolute atomic E-state index is 0.522. The van der Waals surface area contributed by atoms with Crippen molar-refractivity contribution in [1.82, 2.24) is 5.32 Å². The summed E-state index contributed by atoms with van der Waals surface area (Å²) in [7, 11) is 0. The first-order chi connectivity index (χ1) is 8.31. The second kappa shape index (κ2) is 8.60. The van der Waals surface area contributed by atoms with Gasteiger partial charge in [-0.05, 0) is 48.9 Å². The second-order valence-corrected chi connectivity index (χ2v) is 5.37. The van der Waals surface area contributed by atoms with Crippen molar-refractivity contribution in [2.24, 2.45) is 0 Å². The molecule has 0 aromatic heterocycles. The Labute approximate surface area is 110 Å². The van der Waals surface area contributed by atoms with Crippen molar-refractivity contribution in [3.63, 3.8) is 0 Å². The molecule has 17 heavy (non-hydrogen) atoms. The van der Waals surface area contributed by atoms with E-state index in [9.17, 15) is 0 Å². The van der Waals surface area contributed by atoms with E-state index in [0.29, 0.717) is 6.04 Å². The summed E-state index contributed by atoms with van der Waals surface area (Å²) in [4.78, 5) is 0. The fraction of sp³-hybridized carbons (Fsp3) is 0.600. The molecule has 0 heterocycles. The molecule has 2 heteroatoms. The Hall–Kier alpha value is -0.470. The molecule has 0 saturated heterocycles. The number of nitrogens with one attached hydrogen (secondary N) is 1. The highest BCUT2D eigenvalue weighted by Gasteiger charge is 2.09. The standard InChI is InChI=1S/C15H25NS/c1-4-11-16-15(10-12-17-3)14-8-6-13(5-2)7-9-14/h6-9,15-16H,4-5,10-12H2,1-3H3. The molecule has 0 aliphatic rings. The molecular formula is C15H25NS. The van der Waals surface area contributed by atoms with E-state index < -0.39 is 0 Å². The highest BCUT2D eigenvalue weighted by Crippen LogP contribution is 2.19. The second-order valence-electron chi connectivity index (χ2n) is 4.38. The van der Waals surface area contributed by atoms with Crippen LogP contribution in [-0.2, 0) is 6.42 Å². The molecule has 1 rings (SSSR count). The zero-order valence-corrected chi connectivity index (χ0v) is 12.1. The van der Waals surface area contributed by atoms with Gasteiger partial charge in [0.15, 0.2) is 0 Å². The SMILES string of the molecule is CCCNC(CCSC)c1ccc(CC)cc1. The lowest BCUT2D eigenvalue weighted by atomic mass is 10.0. The predicted molar refractivity (Wildman–Crippen MR) is 79.9 cm³/mol. The molecule has 0 saturated carbocycles. The molecule has 0 aliphatic heterocycles. The highest BCUT2D eigenvalue weighted by molar-refractivity contribution is 7.98. The van der Waals surface area contributed by atoms with E-state index in [2.05, 4.69) is 49.7 Å². The topological polar surface area (TPSA) is 12.0 Å². The van der Waals surface area contributed by atoms with Crippen LogP contribution >= 0.6 is 11.8 Å². The number of rotatable bonds is 8. The molecule has 0 spiro atoms. The Kier molecular flexibility index (Phi) is 7.38. The van der Waals surface area contributed by atoms with E-state index in [-0.39, 0.29) is 0 Å². The average molecular weight is 251 g/mol. The molecule has 1 aromatic rings. The Morgan fingerprint density at radius 2 is 1.88 bits per heavy atom. The fourth-order valence-corrected chi connectivity index (χ4v) is 2.40. The van der Waals surface area contributed by atoms with Crippen LogP contribution in [-0.4, -0.2) is 18.6 Å².